The lowest BCUT2D eigenvalue weighted by molar-refractivity contribution is -0.132. The lowest BCUT2D eigenvalue weighted by Crippen LogP contribution is -2.49. The third kappa shape index (κ3) is 4.39. The normalized spacial score (nSPS) is 17.0. The number of anilines is 1. The number of benzene rings is 1. The van der Waals surface area contributed by atoms with Crippen LogP contribution in [-0.2, 0) is 25.4 Å². The van der Waals surface area contributed by atoms with Crippen molar-refractivity contribution in [3.8, 4) is 0 Å². The summed E-state index contributed by atoms with van der Waals surface area (Å²) < 4.78 is 4.50. The topological polar surface area (TPSA) is 85.4 Å². The summed E-state index contributed by atoms with van der Waals surface area (Å²) in [5.74, 6) is 1.46. The lowest BCUT2D eigenvalue weighted by Gasteiger charge is -2.36. The van der Waals surface area contributed by atoms with Crippen molar-refractivity contribution >= 4 is 23.0 Å². The molecule has 1 aliphatic carbocycles. The van der Waals surface area contributed by atoms with Crippen molar-refractivity contribution in [3.05, 3.63) is 56.2 Å². The summed E-state index contributed by atoms with van der Waals surface area (Å²) >= 11 is 0. The zero-order valence-electron chi connectivity index (χ0n) is 20.9. The van der Waals surface area contributed by atoms with E-state index < -0.39 is 5.69 Å². The number of fused-ring (bicyclic) bond motifs is 1. The minimum absolute atomic E-state index is 0.251. The molecule has 9 heteroatoms. The van der Waals surface area contributed by atoms with Gasteiger partial charge in [-0.2, -0.15) is 4.98 Å². The van der Waals surface area contributed by atoms with E-state index in [2.05, 4.69) is 29.2 Å². The van der Waals surface area contributed by atoms with Crippen LogP contribution in [0.1, 0.15) is 43.2 Å². The summed E-state index contributed by atoms with van der Waals surface area (Å²) in [5.41, 5.74) is 2.29. The molecule has 1 saturated heterocycles. The number of amides is 1. The van der Waals surface area contributed by atoms with Crippen molar-refractivity contribution in [2.45, 2.75) is 45.6 Å². The zero-order valence-corrected chi connectivity index (χ0v) is 20.9. The van der Waals surface area contributed by atoms with Crippen molar-refractivity contribution in [1.82, 2.24) is 23.6 Å². The van der Waals surface area contributed by atoms with Crippen LogP contribution in [0, 0.1) is 12.8 Å². The summed E-state index contributed by atoms with van der Waals surface area (Å²) in [6.45, 7) is 5.07. The van der Waals surface area contributed by atoms with E-state index in [0.29, 0.717) is 62.2 Å². The molecule has 9 nitrogen and oxygen atoms in total. The maximum Gasteiger partial charge on any atom is 0.332 e. The van der Waals surface area contributed by atoms with Crippen molar-refractivity contribution in [2.75, 3.05) is 31.1 Å². The number of carbonyl (C=O) groups is 1. The van der Waals surface area contributed by atoms with E-state index in [1.807, 2.05) is 16.4 Å². The van der Waals surface area contributed by atoms with Gasteiger partial charge in [0, 0.05) is 46.7 Å². The molecule has 35 heavy (non-hydrogen) atoms. The van der Waals surface area contributed by atoms with Crippen LogP contribution in [0.25, 0.3) is 11.2 Å². The predicted molar refractivity (Wildman–Crippen MR) is 136 cm³/mol. The number of piperazine rings is 1. The van der Waals surface area contributed by atoms with Gasteiger partial charge in [0.05, 0.1) is 6.54 Å². The van der Waals surface area contributed by atoms with Gasteiger partial charge in [0.15, 0.2) is 11.2 Å². The quantitative estimate of drug-likeness (QED) is 0.560. The molecule has 2 aromatic heterocycles. The summed E-state index contributed by atoms with van der Waals surface area (Å²) in [6.07, 6.45) is 5.48. The number of nitrogens with zero attached hydrogens (tertiary/aromatic N) is 6. The summed E-state index contributed by atoms with van der Waals surface area (Å²) in [6, 6.07) is 8.21. The highest BCUT2D eigenvalue weighted by atomic mass is 16.2. The fourth-order valence-electron chi connectivity index (χ4n) is 5.45. The van der Waals surface area contributed by atoms with Crippen LogP contribution < -0.4 is 16.1 Å². The second kappa shape index (κ2) is 9.36. The largest absolute Gasteiger partial charge is 0.339 e. The monoisotopic (exact) mass is 478 g/mol. The molecule has 1 aromatic carbocycles. The van der Waals surface area contributed by atoms with E-state index in [9.17, 15) is 14.4 Å². The van der Waals surface area contributed by atoms with Gasteiger partial charge in [-0.3, -0.25) is 23.3 Å². The number of rotatable bonds is 5. The smallest absolute Gasteiger partial charge is 0.332 e. The molecule has 3 aromatic rings. The van der Waals surface area contributed by atoms with E-state index in [4.69, 9.17) is 4.98 Å². The molecule has 0 atom stereocenters. The summed E-state index contributed by atoms with van der Waals surface area (Å²) in [7, 11) is 3.15. The fourth-order valence-corrected chi connectivity index (χ4v) is 5.45. The first-order valence-electron chi connectivity index (χ1n) is 12.6. The van der Waals surface area contributed by atoms with Gasteiger partial charge in [0.2, 0.25) is 11.9 Å². The molecular weight excluding hydrogens is 444 g/mol. The third-order valence-electron chi connectivity index (χ3n) is 7.64. The maximum atomic E-state index is 13.2. The molecule has 0 N–H and O–H groups in total. The van der Waals surface area contributed by atoms with Gasteiger partial charge in [-0.15, -0.1) is 0 Å². The molecule has 5 rings (SSSR count). The van der Waals surface area contributed by atoms with Gasteiger partial charge in [-0.25, -0.2) is 4.79 Å². The average Bonchev–Trinajstić information content (AvgIpc) is 3.51. The lowest BCUT2D eigenvalue weighted by atomic mass is 10.0. The Morgan fingerprint density at radius 3 is 2.29 bits per heavy atom. The number of imidazole rings is 1. The van der Waals surface area contributed by atoms with Crippen LogP contribution >= 0.6 is 0 Å². The highest BCUT2D eigenvalue weighted by molar-refractivity contribution is 5.77. The zero-order chi connectivity index (χ0) is 24.7. The molecular formula is C26H34N6O3. The van der Waals surface area contributed by atoms with Crippen molar-refractivity contribution in [3.63, 3.8) is 0 Å². The first-order valence-corrected chi connectivity index (χ1v) is 12.6. The van der Waals surface area contributed by atoms with Crippen molar-refractivity contribution in [1.29, 1.82) is 0 Å². The van der Waals surface area contributed by atoms with Crippen LogP contribution in [0.15, 0.2) is 33.9 Å². The Labute approximate surface area is 204 Å². The Balaban J connectivity index is 1.46. The maximum absolute atomic E-state index is 13.2. The molecule has 0 spiro atoms. The SMILES string of the molecule is Cc1ccc(Cn2c(N3CCN(C(=O)CC4CCCC4)CC3)nc3c2c(=O)n(C)c(=O)n3C)cc1. The van der Waals surface area contributed by atoms with E-state index in [1.54, 1.807) is 7.05 Å². The molecule has 3 heterocycles. The number of hydrogen-bond acceptors (Lipinski definition) is 5. The Morgan fingerprint density at radius 2 is 1.63 bits per heavy atom. The van der Waals surface area contributed by atoms with Gasteiger partial charge in [0.1, 0.15) is 0 Å². The number of hydrogen-bond donors (Lipinski definition) is 0. The van der Waals surface area contributed by atoms with Crippen LogP contribution in [0.2, 0.25) is 0 Å². The Bertz CT molecular complexity index is 1350. The molecule has 0 unspecified atom stereocenters. The van der Waals surface area contributed by atoms with Gasteiger partial charge in [-0.05, 0) is 31.2 Å². The van der Waals surface area contributed by atoms with Gasteiger partial charge in [0.25, 0.3) is 5.56 Å². The minimum atomic E-state index is -0.392. The Morgan fingerprint density at radius 1 is 0.971 bits per heavy atom. The van der Waals surface area contributed by atoms with Crippen LogP contribution in [0.3, 0.4) is 0 Å². The molecule has 2 fully saturated rings. The molecule has 1 aliphatic heterocycles. The number of aryl methyl sites for hydroxylation is 2. The van der Waals surface area contributed by atoms with Crippen molar-refractivity contribution < 1.29 is 4.79 Å². The fraction of sp³-hybridized carbons (Fsp3) is 0.538. The first-order chi connectivity index (χ1) is 16.8. The van der Waals surface area contributed by atoms with Crippen molar-refractivity contribution in [2.24, 2.45) is 20.0 Å². The number of aromatic nitrogens is 4. The van der Waals surface area contributed by atoms with Crippen LogP contribution in [0.5, 0.6) is 0 Å². The summed E-state index contributed by atoms with van der Waals surface area (Å²) in [5, 5.41) is 0. The molecule has 1 amide bonds. The third-order valence-corrected chi connectivity index (χ3v) is 7.64. The van der Waals surface area contributed by atoms with Crippen LogP contribution in [-0.4, -0.2) is 55.7 Å². The van der Waals surface area contributed by atoms with Crippen LogP contribution in [0.4, 0.5) is 5.95 Å². The summed E-state index contributed by atoms with van der Waals surface area (Å²) in [4.78, 5) is 47.5. The van der Waals surface area contributed by atoms with Gasteiger partial charge < -0.3 is 9.80 Å². The highest BCUT2D eigenvalue weighted by Crippen LogP contribution is 2.28. The molecule has 186 valence electrons. The van der Waals surface area contributed by atoms with E-state index in [-0.39, 0.29) is 11.5 Å². The second-order valence-electron chi connectivity index (χ2n) is 10.1. The minimum Gasteiger partial charge on any atom is -0.339 e. The Kier molecular flexibility index (Phi) is 6.25. The predicted octanol–water partition coefficient (Wildman–Crippen LogP) is 2.02. The highest BCUT2D eigenvalue weighted by Gasteiger charge is 2.28. The number of carbonyl (C=O) groups excluding carboxylic acids is 1. The van der Waals surface area contributed by atoms with E-state index in [1.165, 1.54) is 42.9 Å². The molecule has 0 bridgehead atoms. The van der Waals surface area contributed by atoms with E-state index >= 15 is 0 Å². The van der Waals surface area contributed by atoms with Gasteiger partial charge >= 0.3 is 5.69 Å². The average molecular weight is 479 g/mol. The Hall–Kier alpha value is -3.36. The van der Waals surface area contributed by atoms with E-state index in [0.717, 1.165) is 10.1 Å². The standard InChI is InChI=1S/C26H34N6O3/c1-18-8-10-20(11-9-18)17-32-22-23(28(2)26(35)29(3)24(22)34)27-25(32)31-14-12-30(13-15-31)21(33)16-19-6-4-5-7-19/h8-11,19H,4-7,12-17H2,1-3H3. The molecule has 0 radical (unpaired) electrons. The first kappa shape index (κ1) is 23.4. The molecule has 1 saturated carbocycles. The second-order valence-corrected chi connectivity index (χ2v) is 10.1. The van der Waals surface area contributed by atoms with Gasteiger partial charge in [-0.1, -0.05) is 42.7 Å². The molecule has 2 aliphatic rings.